The highest BCUT2D eigenvalue weighted by Crippen LogP contribution is 2.23. The third-order valence-electron chi connectivity index (χ3n) is 3.12. The van der Waals surface area contributed by atoms with Gasteiger partial charge in [0.2, 0.25) is 0 Å². The zero-order valence-electron chi connectivity index (χ0n) is 12.9. The molecule has 0 atom stereocenters. The van der Waals surface area contributed by atoms with Crippen LogP contribution < -0.4 is 5.32 Å². The van der Waals surface area contributed by atoms with Crippen molar-refractivity contribution < 1.29 is 14.3 Å². The molecule has 0 aliphatic heterocycles. The molecule has 6 heteroatoms. The van der Waals surface area contributed by atoms with E-state index >= 15 is 0 Å². The molecule has 0 saturated heterocycles. The number of esters is 1. The van der Waals surface area contributed by atoms with E-state index in [1.54, 1.807) is 24.3 Å². The first kappa shape index (κ1) is 18.0. The van der Waals surface area contributed by atoms with Crippen LogP contribution in [0.3, 0.4) is 0 Å². The maximum Gasteiger partial charge on any atom is 0.331 e. The van der Waals surface area contributed by atoms with E-state index < -0.39 is 11.9 Å². The minimum absolute atomic E-state index is 0.362. The van der Waals surface area contributed by atoms with Crippen molar-refractivity contribution in [2.75, 3.05) is 11.9 Å². The predicted octanol–water partition coefficient (Wildman–Crippen LogP) is 4.50. The molecule has 2 rings (SSSR count). The third kappa shape index (κ3) is 5.41. The summed E-state index contributed by atoms with van der Waals surface area (Å²) in [6.07, 6.45) is 2.75. The van der Waals surface area contributed by atoms with Crippen molar-refractivity contribution in [3.8, 4) is 0 Å². The molecule has 0 saturated carbocycles. The van der Waals surface area contributed by atoms with E-state index in [0.717, 1.165) is 5.56 Å². The van der Waals surface area contributed by atoms with E-state index in [1.807, 2.05) is 25.1 Å². The number of anilines is 1. The molecule has 4 nitrogen and oxygen atoms in total. The van der Waals surface area contributed by atoms with Crippen LogP contribution in [0.1, 0.15) is 11.1 Å². The summed E-state index contributed by atoms with van der Waals surface area (Å²) in [5.41, 5.74) is 2.31. The van der Waals surface area contributed by atoms with E-state index in [4.69, 9.17) is 27.9 Å². The Balaban J connectivity index is 1.84. The molecule has 2 aromatic carbocycles. The number of ether oxygens (including phenoxy) is 1. The summed E-state index contributed by atoms with van der Waals surface area (Å²) < 4.78 is 4.89. The van der Waals surface area contributed by atoms with Gasteiger partial charge in [-0.1, -0.05) is 47.5 Å². The number of para-hydroxylation sites is 1. The van der Waals surface area contributed by atoms with Crippen molar-refractivity contribution in [3.63, 3.8) is 0 Å². The van der Waals surface area contributed by atoms with Gasteiger partial charge in [-0.2, -0.15) is 0 Å². The summed E-state index contributed by atoms with van der Waals surface area (Å²) in [4.78, 5) is 23.4. The second kappa shape index (κ2) is 8.52. The summed E-state index contributed by atoms with van der Waals surface area (Å²) in [7, 11) is 0. The van der Waals surface area contributed by atoms with Crippen LogP contribution in [0.5, 0.6) is 0 Å². The predicted molar refractivity (Wildman–Crippen MR) is 96.3 cm³/mol. The summed E-state index contributed by atoms with van der Waals surface area (Å²) in [5, 5.41) is 3.51. The molecule has 124 valence electrons. The zero-order chi connectivity index (χ0) is 17.5. The van der Waals surface area contributed by atoms with Gasteiger partial charge in [0.25, 0.3) is 5.91 Å². The van der Waals surface area contributed by atoms with Crippen LogP contribution in [0.25, 0.3) is 6.08 Å². The number of amides is 1. The molecule has 24 heavy (non-hydrogen) atoms. The topological polar surface area (TPSA) is 55.4 Å². The van der Waals surface area contributed by atoms with Gasteiger partial charge in [-0.25, -0.2) is 4.79 Å². The molecular weight excluding hydrogens is 349 g/mol. The molecule has 0 heterocycles. The summed E-state index contributed by atoms with van der Waals surface area (Å²) in [5.74, 6) is -1.03. The van der Waals surface area contributed by atoms with Gasteiger partial charge in [-0.15, -0.1) is 0 Å². The highest BCUT2D eigenvalue weighted by atomic mass is 35.5. The average molecular weight is 364 g/mol. The van der Waals surface area contributed by atoms with Gasteiger partial charge >= 0.3 is 5.97 Å². The van der Waals surface area contributed by atoms with Gasteiger partial charge in [0.15, 0.2) is 6.61 Å². The number of aryl methyl sites for hydroxylation is 1. The summed E-state index contributed by atoms with van der Waals surface area (Å²) >= 11 is 11.7. The Morgan fingerprint density at radius 3 is 2.58 bits per heavy atom. The molecule has 0 spiro atoms. The Kier molecular flexibility index (Phi) is 6.41. The fourth-order valence-electron chi connectivity index (χ4n) is 1.86. The lowest BCUT2D eigenvalue weighted by Crippen LogP contribution is -2.20. The standard InChI is InChI=1S/C18H15Cl2NO3/c1-12-4-2-3-5-16(12)21-17(22)11-24-18(23)9-7-13-6-8-14(19)15(20)10-13/h2-10H,11H2,1H3,(H,21,22)/b9-7+. The van der Waals surface area contributed by atoms with Gasteiger partial charge in [0.1, 0.15) is 0 Å². The maximum atomic E-state index is 11.8. The van der Waals surface area contributed by atoms with Crippen molar-refractivity contribution in [3.05, 3.63) is 69.7 Å². The quantitative estimate of drug-likeness (QED) is 0.628. The van der Waals surface area contributed by atoms with Gasteiger partial charge in [-0.05, 0) is 42.3 Å². The number of halogens is 2. The van der Waals surface area contributed by atoms with E-state index in [-0.39, 0.29) is 6.61 Å². The first-order valence-electron chi connectivity index (χ1n) is 7.11. The minimum Gasteiger partial charge on any atom is -0.452 e. The lowest BCUT2D eigenvalue weighted by Gasteiger charge is -2.07. The minimum atomic E-state index is -0.624. The van der Waals surface area contributed by atoms with E-state index in [2.05, 4.69) is 5.32 Å². The highest BCUT2D eigenvalue weighted by molar-refractivity contribution is 6.42. The Morgan fingerprint density at radius 1 is 1.12 bits per heavy atom. The Morgan fingerprint density at radius 2 is 1.88 bits per heavy atom. The number of carbonyl (C=O) groups excluding carboxylic acids is 2. The molecule has 0 aliphatic rings. The lowest BCUT2D eigenvalue weighted by molar-refractivity contribution is -0.142. The smallest absolute Gasteiger partial charge is 0.331 e. The van der Waals surface area contributed by atoms with Crippen LogP contribution in [0.4, 0.5) is 5.69 Å². The second-order valence-corrected chi connectivity index (χ2v) is 5.79. The number of nitrogens with one attached hydrogen (secondary N) is 1. The molecule has 1 N–H and O–H groups in total. The highest BCUT2D eigenvalue weighted by Gasteiger charge is 2.07. The molecule has 0 bridgehead atoms. The fraction of sp³-hybridized carbons (Fsp3) is 0.111. The Hall–Kier alpha value is -2.30. The van der Waals surface area contributed by atoms with Gasteiger partial charge < -0.3 is 10.1 Å². The SMILES string of the molecule is Cc1ccccc1NC(=O)COC(=O)/C=C/c1ccc(Cl)c(Cl)c1. The number of hydrogen-bond donors (Lipinski definition) is 1. The first-order chi connectivity index (χ1) is 11.5. The number of carbonyl (C=O) groups is 2. The van der Waals surface area contributed by atoms with Gasteiger partial charge in [0, 0.05) is 11.8 Å². The normalized spacial score (nSPS) is 10.6. The molecule has 2 aromatic rings. The number of rotatable bonds is 5. The van der Waals surface area contributed by atoms with E-state index in [9.17, 15) is 9.59 Å². The van der Waals surface area contributed by atoms with Crippen LogP contribution in [-0.4, -0.2) is 18.5 Å². The molecule has 0 unspecified atom stereocenters. The summed E-state index contributed by atoms with van der Waals surface area (Å²) in [6.45, 7) is 1.51. The second-order valence-electron chi connectivity index (χ2n) is 4.98. The molecule has 0 fully saturated rings. The fourth-order valence-corrected chi connectivity index (χ4v) is 2.17. The lowest BCUT2D eigenvalue weighted by atomic mass is 10.2. The van der Waals surface area contributed by atoms with E-state index in [1.165, 1.54) is 12.2 Å². The Bertz CT molecular complexity index is 788. The van der Waals surface area contributed by atoms with Crippen molar-refractivity contribution in [2.24, 2.45) is 0 Å². The molecular formula is C18H15Cl2NO3. The summed E-state index contributed by atoms with van der Waals surface area (Å²) in [6, 6.07) is 12.3. The molecule has 0 radical (unpaired) electrons. The van der Waals surface area contributed by atoms with Crippen LogP contribution in [-0.2, 0) is 14.3 Å². The van der Waals surface area contributed by atoms with Crippen molar-refractivity contribution in [2.45, 2.75) is 6.92 Å². The van der Waals surface area contributed by atoms with Crippen molar-refractivity contribution >= 4 is 46.8 Å². The Labute approximate surface area is 150 Å². The molecule has 0 aliphatic carbocycles. The van der Waals surface area contributed by atoms with E-state index in [0.29, 0.717) is 21.3 Å². The molecule has 0 aromatic heterocycles. The van der Waals surface area contributed by atoms with Crippen LogP contribution in [0, 0.1) is 6.92 Å². The zero-order valence-corrected chi connectivity index (χ0v) is 14.4. The van der Waals surface area contributed by atoms with Gasteiger partial charge in [0.05, 0.1) is 10.0 Å². The van der Waals surface area contributed by atoms with Crippen LogP contribution >= 0.6 is 23.2 Å². The largest absolute Gasteiger partial charge is 0.452 e. The van der Waals surface area contributed by atoms with Crippen molar-refractivity contribution in [1.82, 2.24) is 0 Å². The maximum absolute atomic E-state index is 11.8. The van der Waals surface area contributed by atoms with Crippen LogP contribution in [0.15, 0.2) is 48.5 Å². The number of benzene rings is 2. The first-order valence-corrected chi connectivity index (χ1v) is 7.86. The monoisotopic (exact) mass is 363 g/mol. The third-order valence-corrected chi connectivity index (χ3v) is 3.86. The van der Waals surface area contributed by atoms with Gasteiger partial charge in [-0.3, -0.25) is 4.79 Å². The average Bonchev–Trinajstić information content (AvgIpc) is 2.56. The van der Waals surface area contributed by atoms with Crippen molar-refractivity contribution in [1.29, 1.82) is 0 Å². The molecule has 1 amide bonds. The van der Waals surface area contributed by atoms with Crippen LogP contribution in [0.2, 0.25) is 10.0 Å². The number of hydrogen-bond acceptors (Lipinski definition) is 3.